The number of nitrogens with zero attached hydrogens (tertiary/aromatic N) is 2. The van der Waals surface area contributed by atoms with E-state index in [0.29, 0.717) is 19.6 Å². The maximum Gasteiger partial charge on any atom is 0.307 e. The highest BCUT2D eigenvalue weighted by atomic mass is 16.5. The van der Waals surface area contributed by atoms with E-state index in [1.165, 1.54) is 0 Å². The number of carboxylic acids is 1. The quantitative estimate of drug-likeness (QED) is 0.870. The Balaban J connectivity index is 1.36. The van der Waals surface area contributed by atoms with E-state index < -0.39 is 5.97 Å². The van der Waals surface area contributed by atoms with Gasteiger partial charge in [0.05, 0.1) is 18.9 Å². The molecule has 2 heterocycles. The molecule has 1 aliphatic carbocycles. The molecule has 1 aromatic carbocycles. The maximum absolute atomic E-state index is 12.9. The zero-order chi connectivity index (χ0) is 19.2. The molecule has 4 rings (SSSR count). The van der Waals surface area contributed by atoms with E-state index in [4.69, 9.17) is 4.74 Å². The van der Waals surface area contributed by atoms with Crippen LogP contribution in [-0.4, -0.2) is 54.5 Å². The fraction of sp³-hybridized carbons (Fsp3) is 0.550. The van der Waals surface area contributed by atoms with Crippen LogP contribution in [0.1, 0.15) is 25.7 Å². The van der Waals surface area contributed by atoms with Gasteiger partial charge >= 0.3 is 5.97 Å². The lowest BCUT2D eigenvalue weighted by Gasteiger charge is -2.34. The number of hydrogen-bond donors (Lipinski definition) is 1. The average Bonchev–Trinajstić information content (AvgIpc) is 3.24. The topological polar surface area (TPSA) is 87.2 Å². The summed E-state index contributed by atoms with van der Waals surface area (Å²) in [5.41, 5.74) is 0.680. The first-order chi connectivity index (χ1) is 12.9. The molecule has 2 unspecified atom stereocenters. The first kappa shape index (κ1) is 17.8. The van der Waals surface area contributed by atoms with Crippen LogP contribution in [0.4, 0.5) is 5.69 Å². The number of piperidine rings is 1. The van der Waals surface area contributed by atoms with Crippen molar-refractivity contribution < 1.29 is 24.2 Å². The van der Waals surface area contributed by atoms with Gasteiger partial charge in [0.25, 0.3) is 0 Å². The van der Waals surface area contributed by atoms with E-state index in [1.54, 1.807) is 24.1 Å². The molecule has 1 spiro atoms. The Kier molecular flexibility index (Phi) is 4.32. The molecule has 0 aromatic heterocycles. The van der Waals surface area contributed by atoms with Crippen LogP contribution >= 0.6 is 0 Å². The molecule has 0 radical (unpaired) electrons. The number of ether oxygens (including phenoxy) is 1. The van der Waals surface area contributed by atoms with E-state index in [1.807, 2.05) is 17.0 Å². The van der Waals surface area contributed by atoms with Crippen LogP contribution in [0.5, 0.6) is 5.75 Å². The molecule has 2 atom stereocenters. The number of carbonyl (C=O) groups excluding carboxylic acids is 2. The second-order valence-electron chi connectivity index (χ2n) is 7.89. The van der Waals surface area contributed by atoms with Gasteiger partial charge in [-0.05, 0) is 48.9 Å². The van der Waals surface area contributed by atoms with Crippen molar-refractivity contribution in [3.8, 4) is 5.75 Å². The standard InChI is InChI=1S/C20H24N2O5/c1-27-15-4-2-14(3-5-15)22-12-13(10-17(22)23)18(24)21-8-6-20(7-9-21)11-16(20)19(25)26/h2-5,13,16H,6-12H2,1H3,(H,25,26). The molecule has 7 nitrogen and oxygen atoms in total. The summed E-state index contributed by atoms with van der Waals surface area (Å²) in [6.45, 7) is 1.58. The Morgan fingerprint density at radius 1 is 1.19 bits per heavy atom. The maximum atomic E-state index is 12.9. The van der Waals surface area contributed by atoms with E-state index in [-0.39, 0.29) is 35.5 Å². The Hall–Kier alpha value is -2.57. The largest absolute Gasteiger partial charge is 0.497 e. The summed E-state index contributed by atoms with van der Waals surface area (Å²) < 4.78 is 5.14. The molecule has 1 N–H and O–H groups in total. The molecular weight excluding hydrogens is 348 g/mol. The van der Waals surface area contributed by atoms with Crippen molar-refractivity contribution in [2.75, 3.05) is 31.6 Å². The lowest BCUT2D eigenvalue weighted by molar-refractivity contribution is -0.140. The van der Waals surface area contributed by atoms with Crippen molar-refractivity contribution in [3.05, 3.63) is 24.3 Å². The molecular formula is C20H24N2O5. The Morgan fingerprint density at radius 2 is 1.85 bits per heavy atom. The molecule has 2 amide bonds. The predicted octanol–water partition coefficient (Wildman–Crippen LogP) is 1.76. The summed E-state index contributed by atoms with van der Waals surface area (Å²) in [4.78, 5) is 40.0. The number of amides is 2. The predicted molar refractivity (Wildman–Crippen MR) is 97.4 cm³/mol. The van der Waals surface area contributed by atoms with Crippen molar-refractivity contribution in [3.63, 3.8) is 0 Å². The number of anilines is 1. The Bertz CT molecular complexity index is 767. The first-order valence-electron chi connectivity index (χ1n) is 9.39. The number of carbonyl (C=O) groups is 3. The minimum Gasteiger partial charge on any atom is -0.497 e. The van der Waals surface area contributed by atoms with Gasteiger partial charge in [-0.15, -0.1) is 0 Å². The fourth-order valence-electron chi connectivity index (χ4n) is 4.56. The van der Waals surface area contributed by atoms with Gasteiger partial charge in [0.2, 0.25) is 11.8 Å². The molecule has 2 saturated heterocycles. The zero-order valence-electron chi connectivity index (χ0n) is 15.4. The summed E-state index contributed by atoms with van der Waals surface area (Å²) in [6.07, 6.45) is 2.46. The van der Waals surface area contributed by atoms with Crippen LogP contribution in [0, 0.1) is 17.3 Å². The smallest absolute Gasteiger partial charge is 0.307 e. The molecule has 2 aliphatic heterocycles. The first-order valence-corrected chi connectivity index (χ1v) is 9.39. The van der Waals surface area contributed by atoms with Gasteiger partial charge in [0, 0.05) is 31.7 Å². The summed E-state index contributed by atoms with van der Waals surface area (Å²) in [7, 11) is 1.59. The van der Waals surface area contributed by atoms with Crippen molar-refractivity contribution in [2.24, 2.45) is 17.3 Å². The lowest BCUT2D eigenvalue weighted by atomic mass is 9.90. The van der Waals surface area contributed by atoms with E-state index in [0.717, 1.165) is 30.7 Å². The fourth-order valence-corrected chi connectivity index (χ4v) is 4.56. The van der Waals surface area contributed by atoms with E-state index in [2.05, 4.69) is 0 Å². The lowest BCUT2D eigenvalue weighted by Crippen LogP contribution is -2.43. The van der Waals surface area contributed by atoms with Gasteiger partial charge < -0.3 is 19.6 Å². The number of methoxy groups -OCH3 is 1. The molecule has 3 fully saturated rings. The molecule has 0 bridgehead atoms. The number of carboxylic acid groups (broad SMARTS) is 1. The molecule has 144 valence electrons. The number of benzene rings is 1. The van der Waals surface area contributed by atoms with E-state index >= 15 is 0 Å². The number of hydrogen-bond acceptors (Lipinski definition) is 4. The van der Waals surface area contributed by atoms with Gasteiger partial charge in [-0.3, -0.25) is 14.4 Å². The Morgan fingerprint density at radius 3 is 2.41 bits per heavy atom. The van der Waals surface area contributed by atoms with Crippen LogP contribution < -0.4 is 9.64 Å². The highest BCUT2D eigenvalue weighted by Gasteiger charge is 2.59. The third-order valence-electron chi connectivity index (χ3n) is 6.42. The summed E-state index contributed by atoms with van der Waals surface area (Å²) in [6, 6.07) is 7.26. The van der Waals surface area contributed by atoms with Gasteiger partial charge in [-0.1, -0.05) is 0 Å². The van der Waals surface area contributed by atoms with Gasteiger partial charge in [-0.25, -0.2) is 0 Å². The Labute approximate surface area is 157 Å². The van der Waals surface area contributed by atoms with Gasteiger partial charge in [0.15, 0.2) is 0 Å². The SMILES string of the molecule is COc1ccc(N2CC(C(=O)N3CCC4(CC3)CC4C(=O)O)CC2=O)cc1. The molecule has 1 saturated carbocycles. The van der Waals surface area contributed by atoms with Crippen molar-refractivity contribution in [1.29, 1.82) is 0 Å². The molecule has 1 aromatic rings. The zero-order valence-corrected chi connectivity index (χ0v) is 15.4. The second-order valence-corrected chi connectivity index (χ2v) is 7.89. The van der Waals surface area contributed by atoms with Gasteiger partial charge in [0.1, 0.15) is 5.75 Å². The van der Waals surface area contributed by atoms with Crippen LogP contribution in [0.3, 0.4) is 0 Å². The third kappa shape index (κ3) is 3.15. The molecule has 27 heavy (non-hydrogen) atoms. The normalized spacial score (nSPS) is 26.3. The average molecular weight is 372 g/mol. The minimum atomic E-state index is -0.716. The minimum absolute atomic E-state index is 0.0155. The van der Waals surface area contributed by atoms with Gasteiger partial charge in [-0.2, -0.15) is 0 Å². The number of aliphatic carboxylic acids is 1. The van der Waals surface area contributed by atoms with Crippen LogP contribution in [0.25, 0.3) is 0 Å². The third-order valence-corrected chi connectivity index (χ3v) is 6.42. The summed E-state index contributed by atoms with van der Waals surface area (Å²) in [5.74, 6) is -0.593. The van der Waals surface area contributed by atoms with Crippen molar-refractivity contribution in [2.45, 2.75) is 25.7 Å². The van der Waals surface area contributed by atoms with Crippen LogP contribution in [0.15, 0.2) is 24.3 Å². The molecule has 7 heteroatoms. The summed E-state index contributed by atoms with van der Waals surface area (Å²) >= 11 is 0. The highest BCUT2D eigenvalue weighted by molar-refractivity contribution is 6.00. The second kappa shape index (κ2) is 6.55. The monoisotopic (exact) mass is 372 g/mol. The van der Waals surface area contributed by atoms with E-state index in [9.17, 15) is 19.5 Å². The van der Waals surface area contributed by atoms with Crippen molar-refractivity contribution >= 4 is 23.5 Å². The van der Waals surface area contributed by atoms with Crippen LogP contribution in [0.2, 0.25) is 0 Å². The van der Waals surface area contributed by atoms with Crippen LogP contribution in [-0.2, 0) is 14.4 Å². The summed E-state index contributed by atoms with van der Waals surface area (Å²) in [5, 5.41) is 9.19. The number of rotatable bonds is 4. The molecule has 3 aliphatic rings. The van der Waals surface area contributed by atoms with Crippen molar-refractivity contribution in [1.82, 2.24) is 4.90 Å². The highest BCUT2D eigenvalue weighted by Crippen LogP contribution is 2.59. The number of likely N-dealkylation sites (tertiary alicyclic amines) is 1.